The van der Waals surface area contributed by atoms with Crippen molar-refractivity contribution in [2.45, 2.75) is 65.1 Å². The van der Waals surface area contributed by atoms with Crippen LogP contribution >= 0.6 is 0 Å². The van der Waals surface area contributed by atoms with Crippen LogP contribution in [0.2, 0.25) is 0 Å². The van der Waals surface area contributed by atoms with Crippen LogP contribution in [0.3, 0.4) is 0 Å². The number of halogens is 1. The molecule has 0 aliphatic heterocycles. The summed E-state index contributed by atoms with van der Waals surface area (Å²) < 4.78 is 27.1. The SMILES string of the molecule is CCC[C@@H](Nc1nc(Nc2cnc(OC)c(-n3ccnn3)c2)c(C#N)cc1F)[C@H](C)NC(=O)OC(C)(C)C. The first-order valence-corrected chi connectivity index (χ1v) is 12.1. The van der Waals surface area contributed by atoms with E-state index in [9.17, 15) is 14.4 Å². The maximum atomic E-state index is 15.0. The Kier molecular flexibility index (Phi) is 9.01. The lowest BCUT2D eigenvalue weighted by Crippen LogP contribution is -2.46. The maximum absolute atomic E-state index is 15.0. The van der Waals surface area contributed by atoms with Crippen LogP contribution in [0.15, 0.2) is 30.7 Å². The van der Waals surface area contributed by atoms with E-state index in [2.05, 4.69) is 36.2 Å². The highest BCUT2D eigenvalue weighted by Crippen LogP contribution is 2.28. The number of nitriles is 1. The molecule has 202 valence electrons. The minimum atomic E-state index is -0.700. The van der Waals surface area contributed by atoms with Gasteiger partial charge in [0, 0.05) is 12.1 Å². The molecule has 0 fully saturated rings. The summed E-state index contributed by atoms with van der Waals surface area (Å²) in [6, 6.07) is 3.97. The van der Waals surface area contributed by atoms with Crippen LogP contribution in [0.4, 0.5) is 26.5 Å². The van der Waals surface area contributed by atoms with Gasteiger partial charge in [0.05, 0.1) is 37.0 Å². The Morgan fingerprint density at radius 2 is 2.05 bits per heavy atom. The molecule has 3 rings (SSSR count). The van der Waals surface area contributed by atoms with Crippen LogP contribution < -0.4 is 20.7 Å². The third-order valence-electron chi connectivity index (χ3n) is 5.32. The molecule has 3 heterocycles. The second-order valence-electron chi connectivity index (χ2n) is 9.53. The summed E-state index contributed by atoms with van der Waals surface area (Å²) in [5.41, 5.74) is 0.309. The lowest BCUT2D eigenvalue weighted by Gasteiger charge is -2.28. The summed E-state index contributed by atoms with van der Waals surface area (Å²) in [6.07, 6.45) is 5.44. The number of hydrogen-bond acceptors (Lipinski definition) is 10. The van der Waals surface area contributed by atoms with Crippen molar-refractivity contribution in [3.8, 4) is 17.6 Å². The molecule has 38 heavy (non-hydrogen) atoms. The van der Waals surface area contributed by atoms with E-state index in [4.69, 9.17) is 9.47 Å². The molecule has 3 aromatic heterocycles. The first kappa shape index (κ1) is 28.1. The summed E-state index contributed by atoms with van der Waals surface area (Å²) in [6.45, 7) is 9.10. The molecule has 0 bridgehead atoms. The second kappa shape index (κ2) is 12.2. The highest BCUT2D eigenvalue weighted by molar-refractivity contribution is 5.69. The Morgan fingerprint density at radius 3 is 2.66 bits per heavy atom. The number of nitrogens with zero attached hydrogens (tertiary/aromatic N) is 6. The van der Waals surface area contributed by atoms with Crippen molar-refractivity contribution in [2.75, 3.05) is 17.7 Å². The van der Waals surface area contributed by atoms with Crippen LogP contribution in [-0.2, 0) is 4.74 Å². The molecule has 0 spiro atoms. The zero-order valence-electron chi connectivity index (χ0n) is 22.2. The van der Waals surface area contributed by atoms with E-state index in [0.29, 0.717) is 23.7 Å². The van der Waals surface area contributed by atoms with Crippen molar-refractivity contribution < 1.29 is 18.7 Å². The average Bonchev–Trinajstić information content (AvgIpc) is 3.39. The standard InChI is InChI=1S/C25H32FN9O3/c1-7-8-19(15(2)30-24(36)38-25(3,4)5)32-22-18(26)11-16(13-27)21(33-22)31-17-12-20(23(37-6)28-14-17)35-10-9-29-34-35/h9-12,14-15,19H,7-8H2,1-6H3,(H,30,36)(H2,31,32,33)/t15-,19+/m0/s1. The number of amides is 1. The topological polar surface area (TPSA) is 152 Å². The number of rotatable bonds is 10. The molecular weight excluding hydrogens is 493 g/mol. The zero-order valence-corrected chi connectivity index (χ0v) is 22.2. The van der Waals surface area contributed by atoms with Gasteiger partial charge in [0.25, 0.3) is 0 Å². The van der Waals surface area contributed by atoms with E-state index in [1.807, 2.05) is 13.0 Å². The lowest BCUT2D eigenvalue weighted by atomic mass is 10.0. The fourth-order valence-electron chi connectivity index (χ4n) is 3.60. The molecule has 13 heteroatoms. The molecule has 0 aliphatic rings. The minimum absolute atomic E-state index is 0.00172. The maximum Gasteiger partial charge on any atom is 0.407 e. The predicted molar refractivity (Wildman–Crippen MR) is 139 cm³/mol. The van der Waals surface area contributed by atoms with E-state index in [0.717, 1.165) is 12.5 Å². The number of pyridine rings is 2. The molecule has 2 atom stereocenters. The average molecular weight is 526 g/mol. The Bertz CT molecular complexity index is 1290. The van der Waals surface area contributed by atoms with Gasteiger partial charge in [-0.05, 0) is 46.2 Å². The molecular formula is C25H32FN9O3. The van der Waals surface area contributed by atoms with Crippen LogP contribution in [-0.4, -0.2) is 55.8 Å². The normalized spacial score (nSPS) is 12.7. The highest BCUT2D eigenvalue weighted by Gasteiger charge is 2.24. The number of ether oxygens (including phenoxy) is 2. The van der Waals surface area contributed by atoms with Crippen molar-refractivity contribution in [2.24, 2.45) is 0 Å². The number of carbonyl (C=O) groups excluding carboxylic acids is 1. The molecule has 0 aliphatic carbocycles. The zero-order chi connectivity index (χ0) is 27.9. The molecule has 0 aromatic carbocycles. The van der Waals surface area contributed by atoms with Gasteiger partial charge >= 0.3 is 6.09 Å². The second-order valence-corrected chi connectivity index (χ2v) is 9.53. The Morgan fingerprint density at radius 1 is 1.29 bits per heavy atom. The Hall–Kier alpha value is -4.47. The first-order valence-electron chi connectivity index (χ1n) is 12.1. The van der Waals surface area contributed by atoms with Gasteiger partial charge in [0.1, 0.15) is 17.4 Å². The van der Waals surface area contributed by atoms with Gasteiger partial charge in [0.2, 0.25) is 5.88 Å². The van der Waals surface area contributed by atoms with Crippen molar-refractivity contribution in [3.05, 3.63) is 42.1 Å². The Labute approximate surface area is 220 Å². The van der Waals surface area contributed by atoms with Gasteiger partial charge in [-0.3, -0.25) is 0 Å². The number of aromatic nitrogens is 5. The van der Waals surface area contributed by atoms with Crippen LogP contribution in [0.1, 0.15) is 53.0 Å². The number of alkyl carbamates (subject to hydrolysis) is 1. The summed E-state index contributed by atoms with van der Waals surface area (Å²) in [5, 5.41) is 26.3. The smallest absolute Gasteiger partial charge is 0.407 e. The third-order valence-corrected chi connectivity index (χ3v) is 5.32. The molecule has 0 radical (unpaired) electrons. The van der Waals surface area contributed by atoms with Gasteiger partial charge in [-0.2, -0.15) is 5.26 Å². The van der Waals surface area contributed by atoms with Crippen molar-refractivity contribution in [1.29, 1.82) is 5.26 Å². The molecule has 0 saturated carbocycles. The molecule has 0 unspecified atom stereocenters. The number of anilines is 3. The number of carbonyl (C=O) groups is 1. The molecule has 0 saturated heterocycles. The van der Waals surface area contributed by atoms with E-state index in [1.165, 1.54) is 24.2 Å². The van der Waals surface area contributed by atoms with Crippen molar-refractivity contribution >= 4 is 23.4 Å². The monoisotopic (exact) mass is 525 g/mol. The van der Waals surface area contributed by atoms with Crippen molar-refractivity contribution in [1.82, 2.24) is 30.3 Å². The third kappa shape index (κ3) is 7.28. The van der Waals surface area contributed by atoms with Gasteiger partial charge in [-0.25, -0.2) is 23.8 Å². The van der Waals surface area contributed by atoms with Gasteiger partial charge in [-0.1, -0.05) is 18.6 Å². The number of methoxy groups -OCH3 is 1. The van der Waals surface area contributed by atoms with Gasteiger partial charge in [-0.15, -0.1) is 5.10 Å². The quantitative estimate of drug-likeness (QED) is 0.349. The molecule has 3 N–H and O–H groups in total. The number of nitrogens with one attached hydrogen (secondary N) is 3. The fraction of sp³-hybridized carbons (Fsp3) is 0.440. The lowest BCUT2D eigenvalue weighted by molar-refractivity contribution is 0.0502. The molecule has 1 amide bonds. The van der Waals surface area contributed by atoms with E-state index >= 15 is 0 Å². The Balaban J connectivity index is 1.87. The van der Waals surface area contributed by atoms with Gasteiger partial charge < -0.3 is 25.4 Å². The minimum Gasteiger partial charge on any atom is -0.479 e. The van der Waals surface area contributed by atoms with Crippen LogP contribution in [0.25, 0.3) is 5.69 Å². The van der Waals surface area contributed by atoms with Crippen molar-refractivity contribution in [3.63, 3.8) is 0 Å². The molecule has 3 aromatic rings. The number of hydrogen-bond donors (Lipinski definition) is 3. The fourth-order valence-corrected chi connectivity index (χ4v) is 3.60. The summed E-state index contributed by atoms with van der Waals surface area (Å²) in [5.74, 6) is -0.338. The first-order chi connectivity index (χ1) is 18.0. The van der Waals surface area contributed by atoms with Crippen LogP contribution in [0.5, 0.6) is 5.88 Å². The van der Waals surface area contributed by atoms with Crippen LogP contribution in [0, 0.1) is 17.1 Å². The summed E-state index contributed by atoms with van der Waals surface area (Å²) in [7, 11) is 1.48. The molecule has 12 nitrogen and oxygen atoms in total. The van der Waals surface area contributed by atoms with E-state index < -0.39 is 23.6 Å². The highest BCUT2D eigenvalue weighted by atomic mass is 19.1. The van der Waals surface area contributed by atoms with Gasteiger partial charge in [0.15, 0.2) is 17.5 Å². The van der Waals surface area contributed by atoms with E-state index in [-0.39, 0.29) is 23.2 Å². The predicted octanol–water partition coefficient (Wildman–Crippen LogP) is 4.31. The summed E-state index contributed by atoms with van der Waals surface area (Å²) in [4.78, 5) is 20.9. The largest absolute Gasteiger partial charge is 0.479 e. The van der Waals surface area contributed by atoms with E-state index in [1.54, 1.807) is 40.0 Å². The summed E-state index contributed by atoms with van der Waals surface area (Å²) >= 11 is 0.